The van der Waals surface area contributed by atoms with E-state index < -0.39 is 6.10 Å². The molecule has 2 aromatic rings. The van der Waals surface area contributed by atoms with Gasteiger partial charge in [-0.2, -0.15) is 0 Å². The first-order chi connectivity index (χ1) is 8.11. The third-order valence-corrected chi connectivity index (χ3v) is 3.99. The molecule has 0 spiro atoms. The first-order valence-electron chi connectivity index (χ1n) is 4.87. The van der Waals surface area contributed by atoms with Crippen LogP contribution in [0.2, 0.25) is 10.0 Å². The number of methoxy groups -OCH3 is 1. The number of thiophene rings is 1. The van der Waals surface area contributed by atoms with E-state index in [2.05, 4.69) is 0 Å². The van der Waals surface area contributed by atoms with Crippen LogP contribution in [0.1, 0.15) is 16.5 Å². The van der Waals surface area contributed by atoms with Crippen LogP contribution in [0.5, 0.6) is 5.75 Å². The lowest BCUT2D eigenvalue weighted by Gasteiger charge is -2.11. The first kappa shape index (κ1) is 12.7. The van der Waals surface area contributed by atoms with E-state index in [-0.39, 0.29) is 0 Å². The Morgan fingerprint density at radius 3 is 2.65 bits per heavy atom. The molecule has 0 radical (unpaired) electrons. The molecule has 1 atom stereocenters. The Morgan fingerprint density at radius 2 is 2.06 bits per heavy atom. The molecule has 0 fully saturated rings. The number of benzene rings is 1. The highest BCUT2D eigenvalue weighted by atomic mass is 35.5. The molecule has 1 aromatic carbocycles. The Morgan fingerprint density at radius 1 is 1.29 bits per heavy atom. The van der Waals surface area contributed by atoms with Crippen molar-refractivity contribution in [1.82, 2.24) is 0 Å². The van der Waals surface area contributed by atoms with Crippen molar-refractivity contribution >= 4 is 34.5 Å². The molecule has 1 aromatic heterocycles. The van der Waals surface area contributed by atoms with Crippen LogP contribution >= 0.6 is 34.5 Å². The number of hydrogen-bond acceptors (Lipinski definition) is 3. The summed E-state index contributed by atoms with van der Waals surface area (Å²) < 4.78 is 5.11. The maximum absolute atomic E-state index is 10.2. The van der Waals surface area contributed by atoms with Gasteiger partial charge in [0.2, 0.25) is 0 Å². The van der Waals surface area contributed by atoms with Crippen LogP contribution in [0.15, 0.2) is 29.6 Å². The summed E-state index contributed by atoms with van der Waals surface area (Å²) in [4.78, 5) is 0.791. The van der Waals surface area contributed by atoms with E-state index in [0.29, 0.717) is 15.8 Å². The molecule has 1 unspecified atom stereocenters. The van der Waals surface area contributed by atoms with Gasteiger partial charge < -0.3 is 9.84 Å². The predicted molar refractivity (Wildman–Crippen MR) is 71.4 cm³/mol. The highest BCUT2D eigenvalue weighted by molar-refractivity contribution is 7.10. The van der Waals surface area contributed by atoms with Crippen molar-refractivity contribution in [3.05, 3.63) is 50.1 Å². The zero-order valence-corrected chi connectivity index (χ0v) is 11.3. The minimum atomic E-state index is -0.710. The molecule has 0 aliphatic rings. The molecule has 1 heterocycles. The fourth-order valence-electron chi connectivity index (χ4n) is 1.48. The Labute approximate surface area is 113 Å². The average Bonchev–Trinajstić information content (AvgIpc) is 2.75. The number of rotatable bonds is 3. The summed E-state index contributed by atoms with van der Waals surface area (Å²) in [7, 11) is 1.54. The number of halogens is 2. The smallest absolute Gasteiger partial charge is 0.137 e. The van der Waals surface area contributed by atoms with Crippen molar-refractivity contribution in [1.29, 1.82) is 0 Å². The number of aliphatic hydroxyl groups is 1. The van der Waals surface area contributed by atoms with Gasteiger partial charge >= 0.3 is 0 Å². The molecule has 0 saturated carbocycles. The highest BCUT2D eigenvalue weighted by Crippen LogP contribution is 2.33. The molecule has 2 rings (SSSR count). The van der Waals surface area contributed by atoms with E-state index in [1.54, 1.807) is 36.8 Å². The second kappa shape index (κ2) is 5.27. The molecule has 0 saturated heterocycles. The van der Waals surface area contributed by atoms with Crippen molar-refractivity contribution in [2.75, 3.05) is 7.11 Å². The molecule has 0 bridgehead atoms. The summed E-state index contributed by atoms with van der Waals surface area (Å²) in [6.45, 7) is 0. The lowest BCUT2D eigenvalue weighted by atomic mass is 10.1. The van der Waals surface area contributed by atoms with E-state index in [9.17, 15) is 5.11 Å². The van der Waals surface area contributed by atoms with Crippen molar-refractivity contribution in [2.45, 2.75) is 6.10 Å². The van der Waals surface area contributed by atoms with Gasteiger partial charge in [0.1, 0.15) is 11.9 Å². The molecule has 0 aliphatic carbocycles. The number of aliphatic hydroxyl groups excluding tert-OH is 1. The Kier molecular flexibility index (Phi) is 3.94. The number of ether oxygens (including phenoxy) is 1. The van der Waals surface area contributed by atoms with Gasteiger partial charge in [-0.1, -0.05) is 29.3 Å². The summed E-state index contributed by atoms with van der Waals surface area (Å²) in [5.74, 6) is 0.547. The molecule has 5 heteroatoms. The summed E-state index contributed by atoms with van der Waals surface area (Å²) in [5.41, 5.74) is 0.727. The van der Waals surface area contributed by atoms with Crippen molar-refractivity contribution < 1.29 is 9.84 Å². The molecular weight excluding hydrogens is 279 g/mol. The minimum absolute atomic E-state index is 0.521. The van der Waals surface area contributed by atoms with Crippen molar-refractivity contribution in [3.8, 4) is 5.75 Å². The van der Waals surface area contributed by atoms with Crippen LogP contribution in [0.3, 0.4) is 0 Å². The maximum atomic E-state index is 10.2. The normalized spacial score (nSPS) is 12.5. The zero-order valence-electron chi connectivity index (χ0n) is 8.98. The van der Waals surface area contributed by atoms with Crippen LogP contribution in [0.25, 0.3) is 0 Å². The molecule has 0 amide bonds. The van der Waals surface area contributed by atoms with Gasteiger partial charge in [-0.05, 0) is 23.8 Å². The average molecular weight is 289 g/mol. The second-order valence-corrected chi connectivity index (χ2v) is 5.25. The summed E-state index contributed by atoms with van der Waals surface area (Å²) in [6.07, 6.45) is -0.710. The summed E-state index contributed by atoms with van der Waals surface area (Å²) >= 11 is 13.2. The van der Waals surface area contributed by atoms with Gasteiger partial charge in [0.25, 0.3) is 0 Å². The SMILES string of the molecule is COc1cc(C(O)c2cc(Cl)cs2)ccc1Cl. The first-order valence-corrected chi connectivity index (χ1v) is 6.51. The summed E-state index contributed by atoms with van der Waals surface area (Å²) in [5, 5.41) is 13.1. The molecular formula is C12H10Cl2O2S. The highest BCUT2D eigenvalue weighted by Gasteiger charge is 2.14. The van der Waals surface area contributed by atoms with E-state index in [0.717, 1.165) is 10.4 Å². The molecule has 17 heavy (non-hydrogen) atoms. The van der Waals surface area contributed by atoms with E-state index in [4.69, 9.17) is 27.9 Å². The fourth-order valence-corrected chi connectivity index (χ4v) is 2.77. The van der Waals surface area contributed by atoms with Gasteiger partial charge in [-0.3, -0.25) is 0 Å². The van der Waals surface area contributed by atoms with Gasteiger partial charge in [0, 0.05) is 10.3 Å². The maximum Gasteiger partial charge on any atom is 0.137 e. The molecule has 0 aliphatic heterocycles. The summed E-state index contributed by atoms with van der Waals surface area (Å²) in [6, 6.07) is 6.94. The minimum Gasteiger partial charge on any atom is -0.495 e. The zero-order chi connectivity index (χ0) is 12.4. The van der Waals surface area contributed by atoms with E-state index >= 15 is 0 Å². The molecule has 2 nitrogen and oxygen atoms in total. The van der Waals surface area contributed by atoms with Crippen molar-refractivity contribution in [3.63, 3.8) is 0 Å². The Bertz CT molecular complexity index is 525. The third kappa shape index (κ3) is 2.75. The lowest BCUT2D eigenvalue weighted by Crippen LogP contribution is -1.97. The number of hydrogen-bond donors (Lipinski definition) is 1. The van der Waals surface area contributed by atoms with Gasteiger partial charge in [-0.25, -0.2) is 0 Å². The third-order valence-electron chi connectivity index (χ3n) is 2.35. The Hall–Kier alpha value is -0.740. The quantitative estimate of drug-likeness (QED) is 0.920. The van der Waals surface area contributed by atoms with Crippen LogP contribution < -0.4 is 4.74 Å². The largest absolute Gasteiger partial charge is 0.495 e. The predicted octanol–water partition coefficient (Wildman–Crippen LogP) is 4.15. The topological polar surface area (TPSA) is 29.5 Å². The van der Waals surface area contributed by atoms with Gasteiger partial charge in [-0.15, -0.1) is 11.3 Å². The standard InChI is InChI=1S/C12H10Cl2O2S/c1-16-10-4-7(2-3-9(10)14)12(15)11-5-8(13)6-17-11/h2-6,12,15H,1H3. The van der Waals surface area contributed by atoms with Crippen molar-refractivity contribution in [2.24, 2.45) is 0 Å². The fraction of sp³-hybridized carbons (Fsp3) is 0.167. The van der Waals surface area contributed by atoms with Crippen LogP contribution in [0, 0.1) is 0 Å². The van der Waals surface area contributed by atoms with Crippen LogP contribution in [0.4, 0.5) is 0 Å². The lowest BCUT2D eigenvalue weighted by molar-refractivity contribution is 0.223. The van der Waals surface area contributed by atoms with Gasteiger partial charge in [0.15, 0.2) is 0 Å². The van der Waals surface area contributed by atoms with Crippen LogP contribution in [-0.4, -0.2) is 12.2 Å². The van der Waals surface area contributed by atoms with Gasteiger partial charge in [0.05, 0.1) is 17.2 Å². The second-order valence-electron chi connectivity index (χ2n) is 3.46. The van der Waals surface area contributed by atoms with Crippen LogP contribution in [-0.2, 0) is 0 Å². The monoisotopic (exact) mass is 288 g/mol. The Balaban J connectivity index is 2.34. The molecule has 90 valence electrons. The van der Waals surface area contributed by atoms with E-state index in [1.807, 2.05) is 0 Å². The molecule has 1 N–H and O–H groups in total. The van der Waals surface area contributed by atoms with E-state index in [1.165, 1.54) is 11.3 Å².